The fourth-order valence-corrected chi connectivity index (χ4v) is 1.14. The number of rotatable bonds is 2. The Balaban J connectivity index is 2.98. The number of nitrogens with zero attached hydrogens (tertiary/aromatic N) is 2. The molecule has 1 heterocycles. The quantitative estimate of drug-likeness (QED) is 0.638. The Labute approximate surface area is 66.0 Å². The summed E-state index contributed by atoms with van der Waals surface area (Å²) in [6, 6.07) is 0. The van der Waals surface area contributed by atoms with E-state index in [9.17, 15) is 4.39 Å². The molecule has 0 aliphatic carbocycles. The minimum absolute atomic E-state index is 0.214. The maximum absolute atomic E-state index is 13.0. The average molecular weight is 156 g/mol. The van der Waals surface area contributed by atoms with Gasteiger partial charge in [0.15, 0.2) is 0 Å². The highest BCUT2D eigenvalue weighted by molar-refractivity contribution is 5.16. The first kappa shape index (κ1) is 8.24. The van der Waals surface area contributed by atoms with E-state index in [1.807, 2.05) is 0 Å². The van der Waals surface area contributed by atoms with Gasteiger partial charge in [-0.3, -0.25) is 0 Å². The second-order valence-electron chi connectivity index (χ2n) is 2.74. The van der Waals surface area contributed by atoms with Crippen molar-refractivity contribution in [2.24, 2.45) is 7.05 Å². The van der Waals surface area contributed by atoms with E-state index in [2.05, 4.69) is 12.0 Å². The Morgan fingerprint density at radius 2 is 2.18 bits per heavy atom. The molecule has 11 heavy (non-hydrogen) atoms. The van der Waals surface area contributed by atoms with Crippen molar-refractivity contribution in [3.63, 3.8) is 0 Å². The van der Waals surface area contributed by atoms with Crippen LogP contribution in [0, 0.1) is 12.9 Å². The first-order chi connectivity index (χ1) is 5.16. The third-order valence-electron chi connectivity index (χ3n) is 1.78. The lowest BCUT2D eigenvalue weighted by molar-refractivity contribution is 0.498. The standard InChI is InChI=1S/C8H13FN2/c1-4-5-7-6(2)8(9)11(3)10-7/h4-5H2,1-3H3. The molecule has 0 saturated heterocycles. The monoisotopic (exact) mass is 156 g/mol. The van der Waals surface area contributed by atoms with Gasteiger partial charge in [-0.25, -0.2) is 4.68 Å². The van der Waals surface area contributed by atoms with Crippen molar-refractivity contribution < 1.29 is 4.39 Å². The summed E-state index contributed by atoms with van der Waals surface area (Å²) in [4.78, 5) is 0. The molecule has 2 nitrogen and oxygen atoms in total. The summed E-state index contributed by atoms with van der Waals surface area (Å²) in [5.74, 6) is -0.214. The summed E-state index contributed by atoms with van der Waals surface area (Å²) in [6.07, 6.45) is 1.88. The van der Waals surface area contributed by atoms with Gasteiger partial charge in [-0.1, -0.05) is 13.3 Å². The van der Waals surface area contributed by atoms with E-state index in [0.29, 0.717) is 5.56 Å². The van der Waals surface area contributed by atoms with Crippen LogP contribution in [0.5, 0.6) is 0 Å². The van der Waals surface area contributed by atoms with Crippen molar-refractivity contribution in [3.8, 4) is 0 Å². The summed E-state index contributed by atoms with van der Waals surface area (Å²) in [6.45, 7) is 3.83. The molecule has 0 bridgehead atoms. The number of halogens is 1. The fraction of sp³-hybridized carbons (Fsp3) is 0.625. The molecule has 0 unspecified atom stereocenters. The summed E-state index contributed by atoms with van der Waals surface area (Å²) in [5, 5.41) is 4.04. The fourth-order valence-electron chi connectivity index (χ4n) is 1.14. The molecule has 1 aromatic heterocycles. The topological polar surface area (TPSA) is 17.8 Å². The van der Waals surface area contributed by atoms with Crippen molar-refractivity contribution in [2.45, 2.75) is 26.7 Å². The van der Waals surface area contributed by atoms with Crippen LogP contribution in [0.3, 0.4) is 0 Å². The lowest BCUT2D eigenvalue weighted by atomic mass is 10.2. The van der Waals surface area contributed by atoms with Crippen LogP contribution in [-0.4, -0.2) is 9.78 Å². The predicted molar refractivity (Wildman–Crippen MR) is 41.9 cm³/mol. The molecule has 1 rings (SSSR count). The second-order valence-corrected chi connectivity index (χ2v) is 2.74. The van der Waals surface area contributed by atoms with Gasteiger partial charge in [-0.15, -0.1) is 0 Å². The van der Waals surface area contributed by atoms with E-state index in [-0.39, 0.29) is 5.95 Å². The molecule has 0 fully saturated rings. The zero-order valence-corrected chi connectivity index (χ0v) is 7.19. The van der Waals surface area contributed by atoms with Crippen LogP contribution in [-0.2, 0) is 13.5 Å². The Morgan fingerprint density at radius 3 is 2.55 bits per heavy atom. The van der Waals surface area contributed by atoms with Gasteiger partial charge in [0.2, 0.25) is 5.95 Å². The van der Waals surface area contributed by atoms with Gasteiger partial charge in [0.05, 0.1) is 5.69 Å². The van der Waals surface area contributed by atoms with Crippen LogP contribution >= 0.6 is 0 Å². The molecule has 1 aromatic rings. The molecule has 0 amide bonds. The Bertz CT molecular complexity index is 253. The number of hydrogen-bond donors (Lipinski definition) is 0. The normalized spacial score (nSPS) is 10.5. The molecule has 0 saturated carbocycles. The highest BCUT2D eigenvalue weighted by Crippen LogP contribution is 2.11. The number of hydrogen-bond acceptors (Lipinski definition) is 1. The van der Waals surface area contributed by atoms with Crippen molar-refractivity contribution in [2.75, 3.05) is 0 Å². The molecule has 3 heteroatoms. The van der Waals surface area contributed by atoms with Gasteiger partial charge in [0.25, 0.3) is 0 Å². The van der Waals surface area contributed by atoms with Gasteiger partial charge in [-0.05, 0) is 13.3 Å². The minimum atomic E-state index is -0.214. The molecule has 0 aromatic carbocycles. The minimum Gasteiger partial charge on any atom is -0.242 e. The summed E-state index contributed by atoms with van der Waals surface area (Å²) in [7, 11) is 1.63. The highest BCUT2D eigenvalue weighted by atomic mass is 19.1. The van der Waals surface area contributed by atoms with Crippen molar-refractivity contribution in [1.29, 1.82) is 0 Å². The third kappa shape index (κ3) is 1.42. The van der Waals surface area contributed by atoms with Crippen LogP contribution in [0.15, 0.2) is 0 Å². The first-order valence-electron chi connectivity index (χ1n) is 3.84. The van der Waals surface area contributed by atoms with E-state index < -0.39 is 0 Å². The first-order valence-corrected chi connectivity index (χ1v) is 3.84. The molecule has 0 radical (unpaired) electrons. The van der Waals surface area contributed by atoms with Crippen molar-refractivity contribution >= 4 is 0 Å². The summed E-state index contributed by atoms with van der Waals surface area (Å²) >= 11 is 0. The van der Waals surface area contributed by atoms with Crippen LogP contribution in [0.1, 0.15) is 24.6 Å². The van der Waals surface area contributed by atoms with Gasteiger partial charge < -0.3 is 0 Å². The molecule has 0 spiro atoms. The van der Waals surface area contributed by atoms with Gasteiger partial charge in [-0.2, -0.15) is 9.49 Å². The lowest BCUT2D eigenvalue weighted by Crippen LogP contribution is -1.94. The smallest absolute Gasteiger partial charge is 0.214 e. The molecule has 0 N–H and O–H groups in total. The maximum Gasteiger partial charge on any atom is 0.214 e. The Hall–Kier alpha value is -0.860. The largest absolute Gasteiger partial charge is 0.242 e. The molecule has 62 valence electrons. The van der Waals surface area contributed by atoms with E-state index in [4.69, 9.17) is 0 Å². The second kappa shape index (κ2) is 3.03. The summed E-state index contributed by atoms with van der Waals surface area (Å²) < 4.78 is 14.3. The molecule has 0 aliphatic heterocycles. The number of aromatic nitrogens is 2. The van der Waals surface area contributed by atoms with E-state index >= 15 is 0 Å². The van der Waals surface area contributed by atoms with E-state index in [0.717, 1.165) is 18.5 Å². The zero-order chi connectivity index (χ0) is 8.43. The van der Waals surface area contributed by atoms with Crippen LogP contribution in [0.25, 0.3) is 0 Å². The highest BCUT2D eigenvalue weighted by Gasteiger charge is 2.09. The van der Waals surface area contributed by atoms with Crippen LogP contribution < -0.4 is 0 Å². The Kier molecular flexibility index (Phi) is 2.27. The SMILES string of the molecule is CCCc1nn(C)c(F)c1C. The predicted octanol–water partition coefficient (Wildman–Crippen LogP) is 1.82. The molecular weight excluding hydrogens is 143 g/mol. The maximum atomic E-state index is 13.0. The molecular formula is C8H13FN2. The van der Waals surface area contributed by atoms with Gasteiger partial charge in [0.1, 0.15) is 0 Å². The Morgan fingerprint density at radius 1 is 1.55 bits per heavy atom. The average Bonchev–Trinajstić information content (AvgIpc) is 2.19. The van der Waals surface area contributed by atoms with E-state index in [1.54, 1.807) is 14.0 Å². The summed E-state index contributed by atoms with van der Waals surface area (Å²) in [5.41, 5.74) is 1.57. The van der Waals surface area contributed by atoms with Gasteiger partial charge in [0, 0.05) is 12.6 Å². The molecule has 0 aliphatic rings. The molecule has 0 atom stereocenters. The van der Waals surface area contributed by atoms with E-state index in [1.165, 1.54) is 4.68 Å². The third-order valence-corrected chi connectivity index (χ3v) is 1.78. The van der Waals surface area contributed by atoms with Crippen LogP contribution in [0.4, 0.5) is 4.39 Å². The lowest BCUT2D eigenvalue weighted by Gasteiger charge is -1.90. The zero-order valence-electron chi connectivity index (χ0n) is 7.19. The van der Waals surface area contributed by atoms with Crippen molar-refractivity contribution in [1.82, 2.24) is 9.78 Å². The van der Waals surface area contributed by atoms with Crippen LogP contribution in [0.2, 0.25) is 0 Å². The van der Waals surface area contributed by atoms with Gasteiger partial charge >= 0.3 is 0 Å². The van der Waals surface area contributed by atoms with Crippen molar-refractivity contribution in [3.05, 3.63) is 17.2 Å². The number of aryl methyl sites for hydroxylation is 2.